The van der Waals surface area contributed by atoms with Crippen molar-refractivity contribution in [3.05, 3.63) is 46.4 Å². The number of aromatic carboxylic acids is 1. The number of ether oxygens (including phenoxy) is 1. The number of rotatable bonds is 5. The van der Waals surface area contributed by atoms with Crippen LogP contribution in [0.1, 0.15) is 35.2 Å². The summed E-state index contributed by atoms with van der Waals surface area (Å²) >= 11 is 6.41. The van der Waals surface area contributed by atoms with Gasteiger partial charge in [-0.2, -0.15) is 5.10 Å². The Labute approximate surface area is 150 Å². The molecule has 6 nitrogen and oxygen atoms in total. The number of aromatic nitrogens is 3. The Morgan fingerprint density at radius 1 is 1.36 bits per heavy atom. The van der Waals surface area contributed by atoms with Gasteiger partial charge in [0.05, 0.1) is 23.4 Å². The first-order valence-corrected chi connectivity index (χ1v) is 8.31. The number of halogens is 1. The maximum atomic E-state index is 11.5. The van der Waals surface area contributed by atoms with Crippen molar-refractivity contribution in [3.8, 4) is 16.9 Å². The van der Waals surface area contributed by atoms with Gasteiger partial charge in [0, 0.05) is 11.3 Å². The highest BCUT2D eigenvalue weighted by Crippen LogP contribution is 2.40. The molecule has 2 heterocycles. The van der Waals surface area contributed by atoms with Gasteiger partial charge in [0.25, 0.3) is 0 Å². The van der Waals surface area contributed by atoms with Gasteiger partial charge in [0.15, 0.2) is 11.3 Å². The largest absolute Gasteiger partial charge is 0.496 e. The molecule has 0 saturated carbocycles. The van der Waals surface area contributed by atoms with Crippen molar-refractivity contribution in [3.63, 3.8) is 0 Å². The van der Waals surface area contributed by atoms with Crippen LogP contribution in [0.4, 0.5) is 0 Å². The lowest BCUT2D eigenvalue weighted by Crippen LogP contribution is -2.08. The zero-order chi connectivity index (χ0) is 18.1. The summed E-state index contributed by atoms with van der Waals surface area (Å²) in [7, 11) is 1.56. The minimum absolute atomic E-state index is 0.0110. The fourth-order valence-electron chi connectivity index (χ4n) is 2.94. The van der Waals surface area contributed by atoms with E-state index in [9.17, 15) is 9.90 Å². The molecule has 25 heavy (non-hydrogen) atoms. The lowest BCUT2D eigenvalue weighted by molar-refractivity contribution is 0.0690. The van der Waals surface area contributed by atoms with Crippen molar-refractivity contribution >= 4 is 23.2 Å². The lowest BCUT2D eigenvalue weighted by atomic mass is 10.0. The maximum absolute atomic E-state index is 11.5. The highest BCUT2D eigenvalue weighted by molar-refractivity contribution is 6.34. The molecule has 0 fully saturated rings. The molecule has 0 aliphatic heterocycles. The van der Waals surface area contributed by atoms with Crippen LogP contribution in [0.15, 0.2) is 24.3 Å². The topological polar surface area (TPSA) is 76.7 Å². The number of hydrogen-bond acceptors (Lipinski definition) is 4. The van der Waals surface area contributed by atoms with E-state index >= 15 is 0 Å². The summed E-state index contributed by atoms with van der Waals surface area (Å²) < 4.78 is 7.14. The van der Waals surface area contributed by atoms with Crippen LogP contribution in [0, 0.1) is 6.92 Å². The normalized spacial score (nSPS) is 11.0. The zero-order valence-electron chi connectivity index (χ0n) is 14.2. The van der Waals surface area contributed by atoms with Gasteiger partial charge in [-0.3, -0.25) is 0 Å². The van der Waals surface area contributed by atoms with Gasteiger partial charge >= 0.3 is 5.97 Å². The third kappa shape index (κ3) is 2.93. The van der Waals surface area contributed by atoms with E-state index in [2.05, 4.69) is 10.1 Å². The van der Waals surface area contributed by atoms with Crippen molar-refractivity contribution in [2.45, 2.75) is 26.7 Å². The zero-order valence-corrected chi connectivity index (χ0v) is 15.0. The molecule has 3 rings (SSSR count). The number of fused-ring (bicyclic) bond motifs is 1. The van der Waals surface area contributed by atoms with Crippen LogP contribution in [0.25, 0.3) is 16.8 Å². The molecule has 1 N–H and O–H groups in total. The number of nitrogens with zero attached hydrogens (tertiary/aromatic N) is 3. The van der Waals surface area contributed by atoms with Crippen LogP contribution in [-0.2, 0) is 6.42 Å². The summed E-state index contributed by atoms with van der Waals surface area (Å²) in [5.41, 5.74) is 3.30. The fourth-order valence-corrected chi connectivity index (χ4v) is 3.20. The molecule has 1 aromatic carbocycles. The summed E-state index contributed by atoms with van der Waals surface area (Å²) in [6, 6.07) is 6.93. The molecule has 0 spiro atoms. The molecule has 0 unspecified atom stereocenters. The average molecular weight is 360 g/mol. The van der Waals surface area contributed by atoms with Gasteiger partial charge in [0.2, 0.25) is 0 Å². The number of carbonyl (C=O) groups is 1. The predicted molar refractivity (Wildman–Crippen MR) is 95.7 cm³/mol. The molecule has 3 aromatic rings. The lowest BCUT2D eigenvalue weighted by Gasteiger charge is -2.10. The summed E-state index contributed by atoms with van der Waals surface area (Å²) in [4.78, 5) is 15.8. The Hall–Kier alpha value is -2.60. The second-order valence-corrected chi connectivity index (χ2v) is 6.11. The third-order valence-corrected chi connectivity index (χ3v) is 4.32. The van der Waals surface area contributed by atoms with Crippen LogP contribution in [0.3, 0.4) is 0 Å². The summed E-state index contributed by atoms with van der Waals surface area (Å²) in [6.07, 6.45) is 1.56. The Morgan fingerprint density at radius 2 is 2.12 bits per heavy atom. The first-order chi connectivity index (χ1) is 12.0. The monoisotopic (exact) mass is 359 g/mol. The third-order valence-electron chi connectivity index (χ3n) is 4.01. The molecule has 0 bridgehead atoms. The van der Waals surface area contributed by atoms with Crippen molar-refractivity contribution < 1.29 is 14.6 Å². The number of benzene rings is 1. The number of methoxy groups -OCH3 is 1. The highest BCUT2D eigenvalue weighted by Gasteiger charge is 2.22. The van der Waals surface area contributed by atoms with E-state index in [4.69, 9.17) is 16.3 Å². The van der Waals surface area contributed by atoms with Crippen LogP contribution in [0.5, 0.6) is 5.75 Å². The van der Waals surface area contributed by atoms with Crippen molar-refractivity contribution in [2.24, 2.45) is 0 Å². The highest BCUT2D eigenvalue weighted by atomic mass is 35.5. The van der Waals surface area contributed by atoms with Gasteiger partial charge in [-0.05, 0) is 31.5 Å². The molecular weight excluding hydrogens is 342 g/mol. The molecule has 130 valence electrons. The SMILES string of the molecule is CCCc1cc(C(=O)O)nc2c(-c3c(Cl)cccc3OC)c(C)nn12. The van der Waals surface area contributed by atoms with Crippen LogP contribution < -0.4 is 4.74 Å². The van der Waals surface area contributed by atoms with Gasteiger partial charge in [-0.25, -0.2) is 14.3 Å². The van der Waals surface area contributed by atoms with Crippen molar-refractivity contribution in [2.75, 3.05) is 7.11 Å². The van der Waals surface area contributed by atoms with E-state index in [1.165, 1.54) is 0 Å². The second-order valence-electron chi connectivity index (χ2n) is 5.70. The number of aryl methyl sites for hydroxylation is 2. The van der Waals surface area contributed by atoms with E-state index in [0.29, 0.717) is 39.7 Å². The molecule has 7 heteroatoms. The summed E-state index contributed by atoms with van der Waals surface area (Å²) in [6.45, 7) is 3.88. The van der Waals surface area contributed by atoms with Gasteiger partial charge in [0.1, 0.15) is 5.75 Å². The fraction of sp³-hybridized carbons (Fsp3) is 0.278. The van der Waals surface area contributed by atoms with Crippen LogP contribution in [-0.4, -0.2) is 32.8 Å². The molecule has 0 aliphatic carbocycles. The van der Waals surface area contributed by atoms with Crippen LogP contribution >= 0.6 is 11.6 Å². The van der Waals surface area contributed by atoms with Gasteiger partial charge in [-0.1, -0.05) is 31.0 Å². The molecule has 0 amide bonds. The van der Waals surface area contributed by atoms with E-state index in [1.807, 2.05) is 13.8 Å². The van der Waals surface area contributed by atoms with Gasteiger partial charge in [-0.15, -0.1) is 0 Å². The Bertz CT molecular complexity index is 966. The van der Waals surface area contributed by atoms with E-state index in [0.717, 1.165) is 12.1 Å². The Kier molecular flexibility index (Phi) is 4.63. The van der Waals surface area contributed by atoms with Crippen LogP contribution in [0.2, 0.25) is 5.02 Å². The molecule has 0 saturated heterocycles. The quantitative estimate of drug-likeness (QED) is 0.744. The average Bonchev–Trinajstić information content (AvgIpc) is 2.91. The number of carboxylic acids is 1. The van der Waals surface area contributed by atoms with Crippen molar-refractivity contribution in [1.29, 1.82) is 0 Å². The van der Waals surface area contributed by atoms with E-state index < -0.39 is 5.97 Å². The predicted octanol–water partition coefficient (Wildman–Crippen LogP) is 4.02. The second kappa shape index (κ2) is 6.72. The summed E-state index contributed by atoms with van der Waals surface area (Å²) in [5, 5.41) is 14.5. The molecule has 0 atom stereocenters. The minimum atomic E-state index is -1.07. The Morgan fingerprint density at radius 3 is 2.76 bits per heavy atom. The molecule has 2 aromatic heterocycles. The van der Waals surface area contributed by atoms with Gasteiger partial charge < -0.3 is 9.84 Å². The van der Waals surface area contributed by atoms with Crippen molar-refractivity contribution in [1.82, 2.24) is 14.6 Å². The minimum Gasteiger partial charge on any atom is -0.496 e. The number of carboxylic acid groups (broad SMARTS) is 1. The molecule has 0 radical (unpaired) electrons. The Balaban J connectivity index is 2.41. The first kappa shape index (κ1) is 17.2. The first-order valence-electron chi connectivity index (χ1n) is 7.93. The smallest absolute Gasteiger partial charge is 0.354 e. The van der Waals surface area contributed by atoms with E-state index in [1.54, 1.807) is 35.9 Å². The molecular formula is C18H18ClN3O3. The van der Waals surface area contributed by atoms with E-state index in [-0.39, 0.29) is 5.69 Å². The summed E-state index contributed by atoms with van der Waals surface area (Å²) in [5.74, 6) is -0.485. The maximum Gasteiger partial charge on any atom is 0.354 e. The number of hydrogen-bond donors (Lipinski definition) is 1. The molecule has 0 aliphatic rings. The standard InChI is InChI=1S/C18H18ClN3O3/c1-4-6-11-9-13(18(23)24)20-17-15(10(2)21-22(11)17)16-12(19)7-5-8-14(16)25-3/h5,7-9H,4,6H2,1-3H3,(H,23,24).